The van der Waals surface area contributed by atoms with Crippen molar-refractivity contribution in [2.45, 2.75) is 32.4 Å². The molecule has 1 aliphatic heterocycles. The number of Topliss-reactive ketones (excluding diaryl/α,β-unsaturated/α-hetero) is 1. The van der Waals surface area contributed by atoms with Gasteiger partial charge in [0, 0.05) is 18.3 Å². The molecule has 1 aliphatic rings. The summed E-state index contributed by atoms with van der Waals surface area (Å²) in [5, 5.41) is 4.29. The lowest BCUT2D eigenvalue weighted by Gasteiger charge is -2.24. The minimum Gasteiger partial charge on any atom is -0.484 e. The van der Waals surface area contributed by atoms with Gasteiger partial charge in [-0.25, -0.2) is 0 Å². The molecule has 0 aliphatic carbocycles. The van der Waals surface area contributed by atoms with Crippen LogP contribution in [0.1, 0.15) is 41.8 Å². The molecule has 0 radical (unpaired) electrons. The number of ketones is 1. The maximum absolute atomic E-state index is 12.1. The average Bonchev–Trinajstić information content (AvgIpc) is 2.88. The van der Waals surface area contributed by atoms with Gasteiger partial charge in [-0.3, -0.25) is 9.48 Å². The third-order valence-electron chi connectivity index (χ3n) is 3.31. The molecule has 0 fully saturated rings. The largest absolute Gasteiger partial charge is 0.484 e. The number of benzene rings is 1. The van der Waals surface area contributed by atoms with Gasteiger partial charge in [0.2, 0.25) is 0 Å². The number of nitrogens with zero attached hydrogens (tertiary/aromatic N) is 2. The highest BCUT2D eigenvalue weighted by Gasteiger charge is 2.27. The van der Waals surface area contributed by atoms with Crippen LogP contribution < -0.4 is 4.74 Å². The number of aromatic nitrogens is 2. The number of para-hydroxylation sites is 1. The third-order valence-corrected chi connectivity index (χ3v) is 3.31. The van der Waals surface area contributed by atoms with Gasteiger partial charge in [0.1, 0.15) is 11.9 Å². The van der Waals surface area contributed by atoms with Gasteiger partial charge in [0.25, 0.3) is 0 Å². The Bertz CT molecular complexity index is 604. The maximum atomic E-state index is 12.1. The van der Waals surface area contributed by atoms with Crippen LogP contribution in [0.4, 0.5) is 0 Å². The second-order valence-corrected chi connectivity index (χ2v) is 4.77. The van der Waals surface area contributed by atoms with Gasteiger partial charge in [-0.05, 0) is 18.6 Å². The predicted octanol–water partition coefficient (Wildman–Crippen LogP) is 3.00. The Morgan fingerprint density at radius 2 is 2.26 bits per heavy atom. The highest BCUT2D eigenvalue weighted by molar-refractivity contribution is 5.99. The first-order valence-electron chi connectivity index (χ1n) is 6.59. The van der Waals surface area contributed by atoms with Crippen molar-refractivity contribution >= 4 is 5.78 Å². The summed E-state index contributed by atoms with van der Waals surface area (Å²) >= 11 is 0. The quantitative estimate of drug-likeness (QED) is 0.848. The Labute approximate surface area is 112 Å². The molecule has 0 saturated carbocycles. The Morgan fingerprint density at radius 1 is 1.42 bits per heavy atom. The van der Waals surface area contributed by atoms with Crippen molar-refractivity contribution in [1.29, 1.82) is 0 Å². The van der Waals surface area contributed by atoms with Crippen LogP contribution in [0.3, 0.4) is 0 Å². The molecule has 0 spiro atoms. The van der Waals surface area contributed by atoms with Gasteiger partial charge in [-0.1, -0.05) is 19.1 Å². The van der Waals surface area contributed by atoms with E-state index >= 15 is 0 Å². The van der Waals surface area contributed by atoms with Crippen molar-refractivity contribution in [2.75, 3.05) is 0 Å². The molecule has 1 aromatic heterocycles. The number of ether oxygens (including phenoxy) is 1. The first-order valence-corrected chi connectivity index (χ1v) is 6.59. The summed E-state index contributed by atoms with van der Waals surface area (Å²) in [5.74, 6) is 0.807. The van der Waals surface area contributed by atoms with Crippen LogP contribution in [-0.2, 0) is 6.54 Å². The van der Waals surface area contributed by atoms with E-state index in [1.54, 1.807) is 6.20 Å². The van der Waals surface area contributed by atoms with E-state index < -0.39 is 0 Å². The zero-order valence-electron chi connectivity index (χ0n) is 10.9. The summed E-state index contributed by atoms with van der Waals surface area (Å²) < 4.78 is 7.80. The molecule has 4 nitrogen and oxygen atoms in total. The molecule has 1 aromatic carbocycles. The zero-order valence-corrected chi connectivity index (χ0v) is 10.9. The van der Waals surface area contributed by atoms with E-state index in [1.807, 2.05) is 35.1 Å². The van der Waals surface area contributed by atoms with Crippen LogP contribution in [-0.4, -0.2) is 15.6 Å². The molecule has 1 unspecified atom stereocenters. The van der Waals surface area contributed by atoms with Gasteiger partial charge < -0.3 is 4.74 Å². The smallest absolute Gasteiger partial charge is 0.170 e. The molecule has 0 saturated heterocycles. The SMILES string of the molecule is CCCn1cc(C2CC(=O)c3ccccc3O2)cn1. The van der Waals surface area contributed by atoms with Crippen molar-refractivity contribution in [3.05, 3.63) is 47.8 Å². The van der Waals surface area contributed by atoms with Gasteiger partial charge in [-0.2, -0.15) is 5.10 Å². The summed E-state index contributed by atoms with van der Waals surface area (Å²) in [6.07, 6.45) is 4.97. The molecule has 98 valence electrons. The monoisotopic (exact) mass is 256 g/mol. The van der Waals surface area contributed by atoms with E-state index in [0.717, 1.165) is 18.5 Å². The molecule has 3 rings (SSSR count). The Morgan fingerprint density at radius 3 is 3.11 bits per heavy atom. The summed E-state index contributed by atoms with van der Waals surface area (Å²) in [6, 6.07) is 7.40. The lowest BCUT2D eigenvalue weighted by molar-refractivity contribution is 0.0850. The first kappa shape index (κ1) is 12.0. The van der Waals surface area contributed by atoms with E-state index in [1.165, 1.54) is 0 Å². The molecule has 1 atom stereocenters. The average molecular weight is 256 g/mol. The Kier molecular flexibility index (Phi) is 3.07. The summed E-state index contributed by atoms with van der Waals surface area (Å²) in [5.41, 5.74) is 1.65. The van der Waals surface area contributed by atoms with Crippen LogP contribution >= 0.6 is 0 Å². The number of hydrogen-bond donors (Lipinski definition) is 0. The normalized spacial score (nSPS) is 17.9. The van der Waals surface area contributed by atoms with E-state index in [9.17, 15) is 4.79 Å². The summed E-state index contributed by atoms with van der Waals surface area (Å²) in [6.45, 7) is 3.00. The van der Waals surface area contributed by atoms with Crippen molar-refractivity contribution in [2.24, 2.45) is 0 Å². The van der Waals surface area contributed by atoms with Crippen molar-refractivity contribution in [3.8, 4) is 5.75 Å². The molecular weight excluding hydrogens is 240 g/mol. The fourth-order valence-electron chi connectivity index (χ4n) is 2.36. The van der Waals surface area contributed by atoms with E-state index in [2.05, 4.69) is 12.0 Å². The van der Waals surface area contributed by atoms with Crippen molar-refractivity contribution < 1.29 is 9.53 Å². The third kappa shape index (κ3) is 2.26. The van der Waals surface area contributed by atoms with Crippen LogP contribution in [0.5, 0.6) is 5.75 Å². The number of carbonyl (C=O) groups excluding carboxylic acids is 1. The zero-order chi connectivity index (χ0) is 13.2. The molecule has 0 bridgehead atoms. The van der Waals surface area contributed by atoms with E-state index in [-0.39, 0.29) is 11.9 Å². The minimum absolute atomic E-state index is 0.134. The topological polar surface area (TPSA) is 44.1 Å². The predicted molar refractivity (Wildman–Crippen MR) is 71.3 cm³/mol. The van der Waals surface area contributed by atoms with Crippen molar-refractivity contribution in [1.82, 2.24) is 9.78 Å². The number of carbonyl (C=O) groups is 1. The lowest BCUT2D eigenvalue weighted by atomic mass is 9.98. The van der Waals surface area contributed by atoms with Gasteiger partial charge in [-0.15, -0.1) is 0 Å². The highest BCUT2D eigenvalue weighted by atomic mass is 16.5. The molecule has 2 aromatic rings. The van der Waals surface area contributed by atoms with Gasteiger partial charge in [0.15, 0.2) is 5.78 Å². The van der Waals surface area contributed by atoms with Crippen LogP contribution in [0, 0.1) is 0 Å². The van der Waals surface area contributed by atoms with Gasteiger partial charge >= 0.3 is 0 Å². The summed E-state index contributed by atoms with van der Waals surface area (Å²) in [7, 11) is 0. The molecule has 0 amide bonds. The van der Waals surface area contributed by atoms with Crippen molar-refractivity contribution in [3.63, 3.8) is 0 Å². The van der Waals surface area contributed by atoms with Crippen LogP contribution in [0.25, 0.3) is 0 Å². The van der Waals surface area contributed by atoms with Crippen LogP contribution in [0.2, 0.25) is 0 Å². The van der Waals surface area contributed by atoms with E-state index in [4.69, 9.17) is 4.74 Å². The standard InChI is InChI=1S/C15H16N2O2/c1-2-7-17-10-11(9-16-17)15-8-13(18)12-5-3-4-6-14(12)19-15/h3-6,9-10,15H,2,7-8H2,1H3. The minimum atomic E-state index is -0.215. The molecule has 4 heteroatoms. The maximum Gasteiger partial charge on any atom is 0.170 e. The number of hydrogen-bond acceptors (Lipinski definition) is 3. The number of fused-ring (bicyclic) bond motifs is 1. The molecule has 0 N–H and O–H groups in total. The molecular formula is C15H16N2O2. The van der Waals surface area contributed by atoms with Gasteiger partial charge in [0.05, 0.1) is 18.2 Å². The fraction of sp³-hybridized carbons (Fsp3) is 0.333. The first-order chi connectivity index (χ1) is 9.28. The Hall–Kier alpha value is -2.10. The molecule has 2 heterocycles. The summed E-state index contributed by atoms with van der Waals surface area (Å²) in [4.78, 5) is 12.1. The Balaban J connectivity index is 1.86. The highest BCUT2D eigenvalue weighted by Crippen LogP contribution is 2.34. The number of rotatable bonds is 3. The number of aryl methyl sites for hydroxylation is 1. The second-order valence-electron chi connectivity index (χ2n) is 4.77. The lowest BCUT2D eigenvalue weighted by Crippen LogP contribution is -2.19. The van der Waals surface area contributed by atoms with Crippen LogP contribution in [0.15, 0.2) is 36.7 Å². The van der Waals surface area contributed by atoms with E-state index in [0.29, 0.717) is 17.7 Å². The second kappa shape index (κ2) is 4.88. The molecule has 19 heavy (non-hydrogen) atoms. The fourth-order valence-corrected chi connectivity index (χ4v) is 2.36.